The number of esters is 2. The molecule has 14 heteroatoms. The summed E-state index contributed by atoms with van der Waals surface area (Å²) in [5, 5.41) is 8.31. The Morgan fingerprint density at radius 2 is 1.46 bits per heavy atom. The number of carbonyl (C=O) groups is 7. The van der Waals surface area contributed by atoms with Crippen molar-refractivity contribution in [1.29, 1.82) is 0 Å². The van der Waals surface area contributed by atoms with Gasteiger partial charge in [0.2, 0.25) is 23.6 Å². The maximum Gasteiger partial charge on any atom is 0.329 e. The number of terminal acetylenes is 1. The number of benzene rings is 1. The Labute approximate surface area is 337 Å². The number of hydrogen-bond donors (Lipinski definition) is 3. The molecule has 2 aliphatic rings. The van der Waals surface area contributed by atoms with E-state index in [-0.39, 0.29) is 19.4 Å². The monoisotopic (exact) mass is 793 g/mol. The molecule has 7 atom stereocenters. The first-order valence-corrected chi connectivity index (χ1v) is 20.1. The fourth-order valence-electron chi connectivity index (χ4n) is 7.27. The van der Waals surface area contributed by atoms with E-state index in [1.54, 1.807) is 79.7 Å². The van der Waals surface area contributed by atoms with Gasteiger partial charge in [0.15, 0.2) is 6.10 Å². The third-order valence-corrected chi connectivity index (χ3v) is 10.9. The van der Waals surface area contributed by atoms with Gasteiger partial charge in [0, 0.05) is 26.4 Å². The molecule has 0 bridgehead atoms. The molecule has 2 fully saturated rings. The van der Waals surface area contributed by atoms with Crippen LogP contribution in [0, 0.1) is 35.5 Å². The lowest BCUT2D eigenvalue weighted by Gasteiger charge is -2.38. The molecule has 0 aromatic heterocycles. The topological polar surface area (TPSA) is 181 Å². The fourth-order valence-corrected chi connectivity index (χ4v) is 7.27. The number of likely N-dealkylation sites (N-methyl/N-ethyl adjacent to an activating group) is 1. The van der Waals surface area contributed by atoms with Gasteiger partial charge in [0.05, 0.1) is 5.41 Å². The van der Waals surface area contributed by atoms with E-state index in [0.29, 0.717) is 31.2 Å². The van der Waals surface area contributed by atoms with Crippen LogP contribution in [0.25, 0.3) is 0 Å². The number of rotatable bonds is 8. The van der Waals surface area contributed by atoms with E-state index in [0.717, 1.165) is 0 Å². The molecule has 5 amide bonds. The summed E-state index contributed by atoms with van der Waals surface area (Å²) in [6, 6.07) is 3.53. The van der Waals surface area contributed by atoms with Gasteiger partial charge >= 0.3 is 11.9 Å². The summed E-state index contributed by atoms with van der Waals surface area (Å²) in [7, 11) is 1.46. The minimum Gasteiger partial charge on any atom is -0.460 e. The van der Waals surface area contributed by atoms with Crippen LogP contribution in [0.5, 0.6) is 0 Å². The molecule has 0 spiro atoms. The highest BCUT2D eigenvalue weighted by Crippen LogP contribution is 2.30. The van der Waals surface area contributed by atoms with Crippen molar-refractivity contribution >= 4 is 41.5 Å². The Bertz CT molecular complexity index is 1650. The van der Waals surface area contributed by atoms with Crippen LogP contribution in [0.4, 0.5) is 0 Å². The molecule has 14 nitrogen and oxygen atoms in total. The zero-order valence-corrected chi connectivity index (χ0v) is 35.3. The van der Waals surface area contributed by atoms with Crippen molar-refractivity contribution in [3.63, 3.8) is 0 Å². The molecule has 2 saturated heterocycles. The van der Waals surface area contributed by atoms with E-state index in [9.17, 15) is 33.6 Å². The molecular weight excluding hydrogens is 730 g/mol. The van der Waals surface area contributed by atoms with Crippen molar-refractivity contribution in [1.82, 2.24) is 25.8 Å². The number of nitrogens with one attached hydrogen (secondary N) is 3. The molecule has 1 aromatic carbocycles. The van der Waals surface area contributed by atoms with Crippen LogP contribution in [-0.2, 0) is 49.5 Å². The highest BCUT2D eigenvalue weighted by Gasteiger charge is 2.45. The molecule has 314 valence electrons. The van der Waals surface area contributed by atoms with Gasteiger partial charge in [-0.15, -0.1) is 12.3 Å². The van der Waals surface area contributed by atoms with Crippen molar-refractivity contribution in [2.24, 2.45) is 23.2 Å². The number of nitrogens with zero attached hydrogens (tertiary/aromatic N) is 2. The molecule has 7 unspecified atom stereocenters. The highest BCUT2D eigenvalue weighted by molar-refractivity contribution is 5.96. The first-order chi connectivity index (χ1) is 26.7. The Morgan fingerprint density at radius 3 is 2.04 bits per heavy atom. The van der Waals surface area contributed by atoms with Crippen LogP contribution in [0.2, 0.25) is 0 Å². The summed E-state index contributed by atoms with van der Waals surface area (Å²) in [5.74, 6) is -3.34. The van der Waals surface area contributed by atoms with Gasteiger partial charge in [0.25, 0.3) is 5.91 Å². The van der Waals surface area contributed by atoms with Gasteiger partial charge in [-0.3, -0.25) is 24.0 Å². The Morgan fingerprint density at radius 1 is 0.825 bits per heavy atom. The third-order valence-electron chi connectivity index (χ3n) is 10.9. The third kappa shape index (κ3) is 11.8. The van der Waals surface area contributed by atoms with Gasteiger partial charge in [0.1, 0.15) is 36.3 Å². The van der Waals surface area contributed by atoms with Gasteiger partial charge in [-0.1, -0.05) is 71.9 Å². The average molecular weight is 794 g/mol. The summed E-state index contributed by atoms with van der Waals surface area (Å²) in [6.45, 7) is 15.3. The number of ether oxygens (including phenoxy) is 2. The van der Waals surface area contributed by atoms with Crippen molar-refractivity contribution in [2.45, 2.75) is 143 Å². The maximum atomic E-state index is 14.4. The Balaban J connectivity index is 2.15. The largest absolute Gasteiger partial charge is 0.460 e. The molecule has 0 aliphatic carbocycles. The fraction of sp³-hybridized carbons (Fsp3) is 0.651. The van der Waals surface area contributed by atoms with Crippen LogP contribution < -0.4 is 16.0 Å². The second-order valence-corrected chi connectivity index (χ2v) is 16.8. The number of fused-ring (bicyclic) bond motifs is 1. The number of carbonyl (C=O) groups excluding carboxylic acids is 7. The lowest BCUT2D eigenvalue weighted by molar-refractivity contribution is -0.169. The minimum atomic E-state index is -1.39. The zero-order chi connectivity index (χ0) is 42.8. The van der Waals surface area contributed by atoms with E-state index in [4.69, 9.17) is 15.9 Å². The number of amides is 5. The van der Waals surface area contributed by atoms with Crippen molar-refractivity contribution in [3.8, 4) is 12.3 Å². The van der Waals surface area contributed by atoms with Crippen LogP contribution in [-0.4, -0.2) is 107 Å². The van der Waals surface area contributed by atoms with E-state index >= 15 is 0 Å². The summed E-state index contributed by atoms with van der Waals surface area (Å²) >= 11 is 0. The normalized spacial score (nSPS) is 27.4. The predicted octanol–water partition coefficient (Wildman–Crippen LogP) is 3.16. The van der Waals surface area contributed by atoms with Crippen molar-refractivity contribution in [3.05, 3.63) is 35.9 Å². The highest BCUT2D eigenvalue weighted by atomic mass is 16.6. The van der Waals surface area contributed by atoms with E-state index in [1.165, 1.54) is 23.8 Å². The maximum absolute atomic E-state index is 14.4. The van der Waals surface area contributed by atoms with Crippen LogP contribution in [0.3, 0.4) is 0 Å². The molecule has 2 heterocycles. The lowest BCUT2D eigenvalue weighted by Crippen LogP contribution is -2.60. The predicted molar refractivity (Wildman–Crippen MR) is 214 cm³/mol. The number of cyclic esters (lactones) is 2. The van der Waals surface area contributed by atoms with Crippen LogP contribution in [0.1, 0.15) is 100.0 Å². The zero-order valence-electron chi connectivity index (χ0n) is 35.3. The standard InChI is InChI=1S/C43H63N5O9/c1-12-13-15-22-32-43(9,10)42(55)46-34(26(4)5)39(52)47(11)35(27(6)7)41(54)56-31(24-29-19-16-14-17-20-29)38(51)48-23-18-21-30(48)36(49)45-33(25(2)3)37(50)44-28(8)40(53)57-32/h1,14,16-17,19-20,25-28,30-35H,13,15,18,21-24H2,2-11H3,(H,44,50)(H,45,49)(H,46,55). The van der Waals surface area contributed by atoms with Crippen molar-refractivity contribution in [2.75, 3.05) is 13.6 Å². The van der Waals surface area contributed by atoms with Crippen LogP contribution in [0.15, 0.2) is 30.3 Å². The van der Waals surface area contributed by atoms with E-state index < -0.39 is 107 Å². The molecule has 3 rings (SSSR count). The molecular formula is C43H63N5O9. The SMILES string of the molecule is C#CCCCC1OC(=O)C(C)NC(=O)C(C(C)C)NC(=O)C2CCCN2C(=O)C(Cc2ccccc2)OC(=O)C(C(C)C)N(C)C(=O)C(C(C)C)NC(=O)C1(C)C. The van der Waals surface area contributed by atoms with Crippen LogP contribution >= 0.6 is 0 Å². The number of unbranched alkanes of at least 4 members (excludes halogenated alkanes) is 1. The first kappa shape index (κ1) is 46.5. The molecule has 0 radical (unpaired) electrons. The summed E-state index contributed by atoms with van der Waals surface area (Å²) in [6.07, 6.45) is 4.94. The second-order valence-electron chi connectivity index (χ2n) is 16.8. The van der Waals surface area contributed by atoms with E-state index in [1.807, 2.05) is 6.07 Å². The van der Waals surface area contributed by atoms with Gasteiger partial charge in [-0.25, -0.2) is 9.59 Å². The Kier molecular flexibility index (Phi) is 16.7. The molecule has 0 saturated carbocycles. The molecule has 57 heavy (non-hydrogen) atoms. The number of hydrogen-bond acceptors (Lipinski definition) is 9. The molecule has 1 aromatic rings. The smallest absolute Gasteiger partial charge is 0.329 e. The molecule has 2 aliphatic heterocycles. The quantitative estimate of drug-likeness (QED) is 0.203. The lowest BCUT2D eigenvalue weighted by atomic mass is 9.82. The average Bonchev–Trinajstić information content (AvgIpc) is 3.64. The van der Waals surface area contributed by atoms with E-state index in [2.05, 4.69) is 21.9 Å². The van der Waals surface area contributed by atoms with Gasteiger partial charge < -0.3 is 35.2 Å². The summed E-state index contributed by atoms with van der Waals surface area (Å²) in [5.41, 5.74) is -0.678. The molecule has 3 N–H and O–H groups in total. The van der Waals surface area contributed by atoms with Gasteiger partial charge in [-0.2, -0.15) is 0 Å². The Hall–Kier alpha value is -4.93. The van der Waals surface area contributed by atoms with Gasteiger partial charge in [-0.05, 0) is 69.8 Å². The van der Waals surface area contributed by atoms with Crippen molar-refractivity contribution < 1.29 is 43.0 Å². The summed E-state index contributed by atoms with van der Waals surface area (Å²) < 4.78 is 12.0. The minimum absolute atomic E-state index is 0.00596. The second kappa shape index (κ2) is 20.5. The first-order valence-electron chi connectivity index (χ1n) is 20.1. The summed E-state index contributed by atoms with van der Waals surface area (Å²) in [4.78, 5) is 101.